The summed E-state index contributed by atoms with van der Waals surface area (Å²) in [6, 6.07) is 0. The van der Waals surface area contributed by atoms with Gasteiger partial charge in [-0.3, -0.25) is 0 Å². The Morgan fingerprint density at radius 2 is 0.622 bits per heavy atom. The number of unbranched alkanes of at least 4 members (excludes halogenated alkanes) is 1. The topological polar surface area (TPSA) is 0 Å². The van der Waals surface area contributed by atoms with E-state index in [4.69, 9.17) is 0 Å². The standard InChI is InChI=1S/C6H12.2C6H14.2C5H12.2C4H10.C3H8.3C2H6/c1-6-4-2-3-5-6;2*1-5-6(2,3)4;1-5(2,3)4;1-4-5(2)3;1-4(2)3;1-3-4-2;1-3-2;3*1-2/h6H,2-5H2,1H3;2*5H2,1-4H3;1-4H3;5H,4H2,1-3H3;4H,1-3H3;3-4H2,1-2H3;3H2,1-2H3;3*1-2H3. The zero-order valence-electron chi connectivity index (χ0n) is 39.3. The second-order valence-electron chi connectivity index (χ2n) is 16.5. The van der Waals surface area contributed by atoms with Crippen LogP contribution in [-0.2, 0) is 0 Å². The maximum atomic E-state index is 2.34. The highest BCUT2D eigenvalue weighted by molar-refractivity contribution is 4.60. The third-order valence-corrected chi connectivity index (χ3v) is 5.08. The predicted molar refractivity (Wildman–Crippen MR) is 228 cm³/mol. The van der Waals surface area contributed by atoms with Crippen molar-refractivity contribution in [2.45, 2.75) is 265 Å². The van der Waals surface area contributed by atoms with Gasteiger partial charge in [-0.05, 0) is 34.0 Å². The molecule has 0 atom stereocenters. The summed E-state index contributed by atoms with van der Waals surface area (Å²) in [7, 11) is 0. The van der Waals surface area contributed by atoms with Gasteiger partial charge in [0, 0.05) is 0 Å². The first-order chi connectivity index (χ1) is 20.3. The van der Waals surface area contributed by atoms with E-state index in [2.05, 4.69) is 159 Å². The summed E-state index contributed by atoms with van der Waals surface area (Å²) in [6.45, 7) is 62.7. The lowest BCUT2D eigenvalue weighted by Crippen LogP contribution is -2.00. The van der Waals surface area contributed by atoms with E-state index in [0.717, 1.165) is 17.8 Å². The zero-order chi connectivity index (χ0) is 39.3. The fourth-order valence-electron chi connectivity index (χ4n) is 1.13. The van der Waals surface area contributed by atoms with E-state index in [0.29, 0.717) is 16.2 Å². The quantitative estimate of drug-likeness (QED) is 0.279. The fraction of sp³-hybridized carbons (Fsp3) is 1.00. The van der Waals surface area contributed by atoms with E-state index >= 15 is 0 Å². The van der Waals surface area contributed by atoms with Crippen molar-refractivity contribution in [1.82, 2.24) is 0 Å². The SMILES string of the molecule is CC.CC.CC.CC(C)(C)C.CC(C)C.CC1CCCC1.CCC.CCC(C)(C)C.CCC(C)(C)C.CCC(C)C.CCCC. The molecular formula is C45H110. The molecule has 0 bridgehead atoms. The van der Waals surface area contributed by atoms with Crippen LogP contribution in [0.2, 0.25) is 0 Å². The third-order valence-electron chi connectivity index (χ3n) is 5.08. The van der Waals surface area contributed by atoms with Crippen LogP contribution < -0.4 is 0 Å². The summed E-state index contributed by atoms with van der Waals surface area (Å²) in [5.41, 5.74) is 1.58. The molecule has 0 aromatic carbocycles. The van der Waals surface area contributed by atoms with Crippen LogP contribution in [0.4, 0.5) is 0 Å². The first-order valence-electron chi connectivity index (χ1n) is 20.3. The lowest BCUT2D eigenvalue weighted by Gasteiger charge is -2.12. The molecule has 0 spiro atoms. The zero-order valence-corrected chi connectivity index (χ0v) is 39.3. The van der Waals surface area contributed by atoms with Gasteiger partial charge in [0.1, 0.15) is 0 Å². The lowest BCUT2D eigenvalue weighted by molar-refractivity contribution is 0.397. The van der Waals surface area contributed by atoms with Crippen molar-refractivity contribution in [2.75, 3.05) is 0 Å². The van der Waals surface area contributed by atoms with E-state index in [1.54, 1.807) is 0 Å². The minimum atomic E-state index is 0.500. The molecule has 0 heterocycles. The van der Waals surface area contributed by atoms with Crippen molar-refractivity contribution in [1.29, 1.82) is 0 Å². The first-order valence-corrected chi connectivity index (χ1v) is 20.3. The summed E-state index contributed by atoms with van der Waals surface area (Å²) >= 11 is 0. The van der Waals surface area contributed by atoms with E-state index in [1.165, 1.54) is 64.2 Å². The molecule has 0 heteroatoms. The molecule has 1 aliphatic carbocycles. The number of hydrogen-bond donors (Lipinski definition) is 0. The van der Waals surface area contributed by atoms with Gasteiger partial charge in [-0.2, -0.15) is 0 Å². The summed E-state index contributed by atoms with van der Waals surface area (Å²) in [4.78, 5) is 0. The van der Waals surface area contributed by atoms with Crippen LogP contribution in [0, 0.1) is 34.0 Å². The molecule has 0 saturated heterocycles. The monoisotopic (exact) mass is 651 g/mol. The van der Waals surface area contributed by atoms with Crippen molar-refractivity contribution in [2.24, 2.45) is 34.0 Å². The Morgan fingerprint density at radius 3 is 0.644 bits per heavy atom. The molecule has 0 aromatic heterocycles. The maximum Gasteiger partial charge on any atom is -0.0385 e. The Hall–Kier alpha value is 0. The molecule has 0 nitrogen and oxygen atoms in total. The number of hydrogen-bond acceptors (Lipinski definition) is 0. The van der Waals surface area contributed by atoms with Crippen molar-refractivity contribution in [3.63, 3.8) is 0 Å². The minimum Gasteiger partial charge on any atom is -0.0683 e. The van der Waals surface area contributed by atoms with Crippen molar-refractivity contribution in [3.8, 4) is 0 Å². The average Bonchev–Trinajstić information content (AvgIpc) is 3.42. The van der Waals surface area contributed by atoms with E-state index in [9.17, 15) is 0 Å². The Labute approximate surface area is 298 Å². The molecule has 0 amide bonds. The average molecular weight is 651 g/mol. The predicted octanol–water partition coefficient (Wildman–Crippen LogP) is 19.1. The molecule has 290 valence electrons. The normalized spacial score (nSPS) is 11.3. The van der Waals surface area contributed by atoms with Crippen molar-refractivity contribution in [3.05, 3.63) is 0 Å². The van der Waals surface area contributed by atoms with E-state index < -0.39 is 0 Å². The second kappa shape index (κ2) is 59.4. The summed E-state index contributed by atoms with van der Waals surface area (Å²) in [6.07, 6.45) is 13.7. The van der Waals surface area contributed by atoms with Gasteiger partial charge in [-0.1, -0.05) is 265 Å². The summed E-state index contributed by atoms with van der Waals surface area (Å²) in [5.74, 6) is 2.76. The highest BCUT2D eigenvalue weighted by atomic mass is 14.1. The van der Waals surface area contributed by atoms with Gasteiger partial charge in [0.15, 0.2) is 0 Å². The van der Waals surface area contributed by atoms with Crippen LogP contribution in [0.5, 0.6) is 0 Å². The van der Waals surface area contributed by atoms with Gasteiger partial charge >= 0.3 is 0 Å². The third kappa shape index (κ3) is 303. The minimum absolute atomic E-state index is 0.500. The van der Waals surface area contributed by atoms with Gasteiger partial charge in [0.25, 0.3) is 0 Å². The van der Waals surface area contributed by atoms with Crippen LogP contribution in [0.1, 0.15) is 265 Å². The molecule has 0 radical (unpaired) electrons. The molecule has 0 N–H and O–H groups in total. The molecule has 45 heavy (non-hydrogen) atoms. The Morgan fingerprint density at radius 1 is 0.489 bits per heavy atom. The van der Waals surface area contributed by atoms with Crippen molar-refractivity contribution >= 4 is 0 Å². The molecule has 1 fully saturated rings. The van der Waals surface area contributed by atoms with E-state index in [1.807, 2.05) is 41.5 Å². The van der Waals surface area contributed by atoms with Crippen LogP contribution in [0.15, 0.2) is 0 Å². The fourth-order valence-corrected chi connectivity index (χ4v) is 1.13. The first kappa shape index (κ1) is 71.1. The summed E-state index contributed by atoms with van der Waals surface area (Å²) in [5, 5.41) is 0. The molecule has 0 aromatic rings. The highest BCUT2D eigenvalue weighted by Crippen LogP contribution is 2.23. The lowest BCUT2D eigenvalue weighted by atomic mass is 9.94. The van der Waals surface area contributed by atoms with Crippen LogP contribution in [-0.4, -0.2) is 0 Å². The van der Waals surface area contributed by atoms with Crippen LogP contribution in [0.3, 0.4) is 0 Å². The molecule has 0 unspecified atom stereocenters. The van der Waals surface area contributed by atoms with Gasteiger partial charge in [-0.25, -0.2) is 0 Å². The molecule has 1 saturated carbocycles. The second-order valence-corrected chi connectivity index (χ2v) is 16.5. The van der Waals surface area contributed by atoms with Crippen LogP contribution in [0.25, 0.3) is 0 Å². The van der Waals surface area contributed by atoms with Gasteiger partial charge in [-0.15, -0.1) is 0 Å². The van der Waals surface area contributed by atoms with Crippen LogP contribution >= 0.6 is 0 Å². The number of rotatable bonds is 2. The molecule has 0 aliphatic heterocycles. The largest absolute Gasteiger partial charge is 0.0683 e. The summed E-state index contributed by atoms with van der Waals surface area (Å²) < 4.78 is 0. The maximum absolute atomic E-state index is 2.34. The molecule has 1 rings (SSSR count). The van der Waals surface area contributed by atoms with E-state index in [-0.39, 0.29) is 0 Å². The Balaban J connectivity index is -0.0000000382. The molecular weight excluding hydrogens is 540 g/mol. The highest BCUT2D eigenvalue weighted by Gasteiger charge is 2.07. The molecule has 1 aliphatic rings. The Bertz CT molecular complexity index is 322. The smallest absolute Gasteiger partial charge is 0.0385 e. The van der Waals surface area contributed by atoms with Gasteiger partial charge in [0.05, 0.1) is 0 Å². The van der Waals surface area contributed by atoms with Crippen molar-refractivity contribution < 1.29 is 0 Å². The van der Waals surface area contributed by atoms with Gasteiger partial charge < -0.3 is 0 Å². The Kier molecular flexibility index (Phi) is 93.9. The van der Waals surface area contributed by atoms with Gasteiger partial charge in [0.2, 0.25) is 0 Å².